The maximum absolute atomic E-state index is 13.1. The smallest absolute Gasteiger partial charge is 0.228 e. The first-order valence-electron chi connectivity index (χ1n) is 7.99. The lowest BCUT2D eigenvalue weighted by Crippen LogP contribution is -2.44. The fraction of sp³-hybridized carbons (Fsp3) is 0.211. The van der Waals surface area contributed by atoms with Crippen LogP contribution in [0, 0.1) is 17.1 Å². The molecule has 0 radical (unpaired) electrons. The third kappa shape index (κ3) is 2.81. The van der Waals surface area contributed by atoms with Crippen molar-refractivity contribution in [3.63, 3.8) is 0 Å². The summed E-state index contributed by atoms with van der Waals surface area (Å²) in [6, 6.07) is 11.7. The lowest BCUT2D eigenvalue weighted by Gasteiger charge is -2.38. The van der Waals surface area contributed by atoms with E-state index in [-0.39, 0.29) is 5.82 Å². The first-order valence-corrected chi connectivity index (χ1v) is 8.78. The number of aliphatic hydroxyl groups is 1. The first kappa shape index (κ1) is 16.9. The molecule has 0 amide bonds. The fourth-order valence-electron chi connectivity index (χ4n) is 3.11. The Morgan fingerprint density at radius 2 is 1.88 bits per heavy atom. The number of nitrogens with zero attached hydrogens (tertiary/aromatic N) is 3. The maximum atomic E-state index is 13.1. The van der Waals surface area contributed by atoms with Crippen molar-refractivity contribution < 1.29 is 13.9 Å². The number of aromatic nitrogens is 2. The van der Waals surface area contributed by atoms with E-state index in [0.29, 0.717) is 40.4 Å². The molecule has 5 nitrogen and oxygen atoms in total. The lowest BCUT2D eigenvalue weighted by molar-refractivity contribution is 0.0429. The van der Waals surface area contributed by atoms with Crippen LogP contribution in [0.3, 0.4) is 0 Å². The first-order chi connectivity index (χ1) is 12.5. The molecule has 0 aliphatic heterocycles. The minimum absolute atomic E-state index is 0.327. The molecule has 0 unspecified atom stereocenters. The second-order valence-electron chi connectivity index (χ2n) is 6.34. The second-order valence-corrected chi connectivity index (χ2v) is 7.06. The molecule has 1 aliphatic carbocycles. The molecule has 1 saturated carbocycles. The highest BCUT2D eigenvalue weighted by molar-refractivity contribution is 9.10. The van der Waals surface area contributed by atoms with Gasteiger partial charge in [0.1, 0.15) is 16.9 Å². The van der Waals surface area contributed by atoms with Gasteiger partial charge in [0.05, 0.1) is 17.9 Å². The number of oxazole rings is 1. The van der Waals surface area contributed by atoms with E-state index < -0.39 is 11.5 Å². The summed E-state index contributed by atoms with van der Waals surface area (Å²) in [4.78, 5) is 8.86. The van der Waals surface area contributed by atoms with Crippen molar-refractivity contribution in [3.8, 4) is 28.8 Å². The summed E-state index contributed by atoms with van der Waals surface area (Å²) in [7, 11) is 0. The summed E-state index contributed by atoms with van der Waals surface area (Å²) in [6.45, 7) is 0. The molecule has 0 bridgehead atoms. The summed E-state index contributed by atoms with van der Waals surface area (Å²) >= 11 is 3.35. The van der Waals surface area contributed by atoms with Crippen LogP contribution in [0.2, 0.25) is 0 Å². The molecule has 1 N–H and O–H groups in total. The predicted molar refractivity (Wildman–Crippen MR) is 95.4 cm³/mol. The van der Waals surface area contributed by atoms with Crippen LogP contribution < -0.4 is 0 Å². The fourth-order valence-corrected chi connectivity index (χ4v) is 3.59. The van der Waals surface area contributed by atoms with Crippen LogP contribution in [0.25, 0.3) is 22.7 Å². The zero-order valence-electron chi connectivity index (χ0n) is 13.5. The van der Waals surface area contributed by atoms with Crippen LogP contribution in [0.4, 0.5) is 4.39 Å². The monoisotopic (exact) mass is 413 g/mol. The van der Waals surface area contributed by atoms with E-state index in [2.05, 4.69) is 32.0 Å². The van der Waals surface area contributed by atoms with Gasteiger partial charge in [-0.25, -0.2) is 9.37 Å². The summed E-state index contributed by atoms with van der Waals surface area (Å²) in [5.41, 5.74) is 1.90. The van der Waals surface area contributed by atoms with Gasteiger partial charge in [0.15, 0.2) is 4.67 Å². The highest BCUT2D eigenvalue weighted by atomic mass is 79.9. The molecule has 1 aromatic carbocycles. The molecule has 26 heavy (non-hydrogen) atoms. The molecular weight excluding hydrogens is 401 g/mol. The molecular formula is C19H13BrFN3O2. The molecule has 130 valence electrons. The maximum Gasteiger partial charge on any atom is 0.228 e. The van der Waals surface area contributed by atoms with E-state index in [1.807, 2.05) is 6.07 Å². The second kappa shape index (κ2) is 6.31. The molecule has 1 aliphatic rings. The summed E-state index contributed by atoms with van der Waals surface area (Å²) in [5.74, 6) is 0.0403. The van der Waals surface area contributed by atoms with Crippen molar-refractivity contribution in [1.29, 1.82) is 5.26 Å². The van der Waals surface area contributed by atoms with E-state index in [4.69, 9.17) is 4.42 Å². The minimum Gasteiger partial charge on any atom is -0.429 e. The Balaban J connectivity index is 1.64. The summed E-state index contributed by atoms with van der Waals surface area (Å²) in [5, 5.41) is 19.0. The van der Waals surface area contributed by atoms with E-state index in [9.17, 15) is 14.8 Å². The van der Waals surface area contributed by atoms with E-state index in [0.717, 1.165) is 5.56 Å². The van der Waals surface area contributed by atoms with Crippen molar-refractivity contribution in [2.24, 2.45) is 0 Å². The number of hydrogen-bond acceptors (Lipinski definition) is 5. The average molecular weight is 414 g/mol. The van der Waals surface area contributed by atoms with Gasteiger partial charge in [-0.2, -0.15) is 5.26 Å². The molecule has 0 saturated heterocycles. The molecule has 2 aromatic heterocycles. The quantitative estimate of drug-likeness (QED) is 0.694. The molecule has 7 heteroatoms. The van der Waals surface area contributed by atoms with Gasteiger partial charge in [-0.15, -0.1) is 0 Å². The van der Waals surface area contributed by atoms with Crippen molar-refractivity contribution in [3.05, 3.63) is 58.8 Å². The number of hydrogen-bond donors (Lipinski definition) is 1. The summed E-state index contributed by atoms with van der Waals surface area (Å²) in [6.07, 6.45) is 1.99. The van der Waals surface area contributed by atoms with Gasteiger partial charge in [0.2, 0.25) is 5.89 Å². The highest BCUT2D eigenvalue weighted by Crippen LogP contribution is 2.43. The lowest BCUT2D eigenvalue weighted by atomic mass is 9.65. The van der Waals surface area contributed by atoms with Crippen LogP contribution in [0.1, 0.15) is 18.5 Å². The van der Waals surface area contributed by atoms with Crippen molar-refractivity contribution in [1.82, 2.24) is 9.97 Å². The Morgan fingerprint density at radius 3 is 2.46 bits per heavy atom. The molecule has 1 fully saturated rings. The Labute approximate surface area is 157 Å². The van der Waals surface area contributed by atoms with Gasteiger partial charge in [-0.3, -0.25) is 4.98 Å². The normalized spacial score (nSPS) is 21.8. The van der Waals surface area contributed by atoms with Crippen LogP contribution >= 0.6 is 15.9 Å². The van der Waals surface area contributed by atoms with Crippen molar-refractivity contribution in [2.45, 2.75) is 24.4 Å². The van der Waals surface area contributed by atoms with Crippen LogP contribution in [0.15, 0.2) is 51.7 Å². The number of nitriles is 1. The minimum atomic E-state index is -0.710. The van der Waals surface area contributed by atoms with Crippen LogP contribution in [-0.4, -0.2) is 21.2 Å². The number of halogens is 2. The zero-order chi connectivity index (χ0) is 18.3. The van der Waals surface area contributed by atoms with Gasteiger partial charge < -0.3 is 9.52 Å². The number of aliphatic hydroxyl groups excluding tert-OH is 1. The third-order valence-electron chi connectivity index (χ3n) is 4.59. The molecule has 3 aromatic rings. The number of rotatable bonds is 3. The van der Waals surface area contributed by atoms with Crippen LogP contribution in [-0.2, 0) is 5.41 Å². The Bertz CT molecular complexity index is 987. The van der Waals surface area contributed by atoms with E-state index in [1.165, 1.54) is 12.1 Å². The number of pyridine rings is 1. The Hall–Kier alpha value is -2.56. The van der Waals surface area contributed by atoms with Gasteiger partial charge >= 0.3 is 0 Å². The Morgan fingerprint density at radius 1 is 1.19 bits per heavy atom. The third-order valence-corrected chi connectivity index (χ3v) is 5.12. The van der Waals surface area contributed by atoms with E-state index in [1.54, 1.807) is 24.4 Å². The van der Waals surface area contributed by atoms with Gasteiger partial charge in [0, 0.05) is 17.3 Å². The van der Waals surface area contributed by atoms with Crippen molar-refractivity contribution >= 4 is 15.9 Å². The van der Waals surface area contributed by atoms with Crippen LogP contribution in [0.5, 0.6) is 0 Å². The van der Waals surface area contributed by atoms with Gasteiger partial charge in [0.25, 0.3) is 0 Å². The Kier molecular flexibility index (Phi) is 4.10. The van der Waals surface area contributed by atoms with E-state index >= 15 is 0 Å². The summed E-state index contributed by atoms with van der Waals surface area (Å²) < 4.78 is 19.1. The molecule has 0 spiro atoms. The van der Waals surface area contributed by atoms with Gasteiger partial charge in [-0.1, -0.05) is 0 Å². The topological polar surface area (TPSA) is 82.9 Å². The molecule has 2 heterocycles. The largest absolute Gasteiger partial charge is 0.429 e. The number of benzene rings is 1. The van der Waals surface area contributed by atoms with Gasteiger partial charge in [-0.05, 0) is 65.2 Å². The SMILES string of the molecule is N#CC1(c2ccc(-c3nc(-c4ccc(F)cc4)oc3Br)cn2)CC(O)C1. The highest BCUT2D eigenvalue weighted by Gasteiger charge is 2.46. The molecule has 0 atom stereocenters. The zero-order valence-corrected chi connectivity index (χ0v) is 15.1. The molecule has 4 rings (SSSR count). The predicted octanol–water partition coefficient (Wildman–Crippen LogP) is 4.22. The average Bonchev–Trinajstić information content (AvgIpc) is 3.01. The standard InChI is InChI=1S/C19H13BrFN3O2/c20-17-16(24-18(26-17)11-1-4-13(21)5-2-11)12-3-6-15(23-9-12)19(10-22)7-14(25)8-19/h1-6,9,14,25H,7-8H2. The van der Waals surface area contributed by atoms with Crippen molar-refractivity contribution in [2.75, 3.05) is 0 Å².